The average Bonchev–Trinajstić information content (AvgIpc) is 3.48. The van der Waals surface area contributed by atoms with Gasteiger partial charge in [-0.3, -0.25) is 27.7 Å². The minimum Gasteiger partial charge on any atom is -0.386 e. The summed E-state index contributed by atoms with van der Waals surface area (Å²) in [4.78, 5) is 36.9. The predicted molar refractivity (Wildman–Crippen MR) is 171 cm³/mol. The van der Waals surface area contributed by atoms with Gasteiger partial charge in [-0.1, -0.05) is 71.0 Å². The van der Waals surface area contributed by atoms with E-state index in [2.05, 4.69) is 20.3 Å². The molecule has 3 heterocycles. The van der Waals surface area contributed by atoms with E-state index in [0.717, 1.165) is 23.5 Å². The molecule has 1 aliphatic rings. The minimum atomic E-state index is -4.37. The number of carbonyl (C=O) groups excluding carboxylic acids is 2. The summed E-state index contributed by atoms with van der Waals surface area (Å²) in [6, 6.07) is 0. The number of carbonyl (C=O) groups is 2. The number of terminal acetylenes is 1. The zero-order valence-corrected chi connectivity index (χ0v) is 28.8. The van der Waals surface area contributed by atoms with Crippen molar-refractivity contribution in [3.05, 3.63) is 6.33 Å². The monoisotopic (exact) mass is 690 g/mol. The average molecular weight is 691 g/mol. The summed E-state index contributed by atoms with van der Waals surface area (Å²) in [5, 5.41) is 13.6. The summed E-state index contributed by atoms with van der Waals surface area (Å²) in [5.41, 5.74) is 2.17. The molecule has 0 aromatic carbocycles. The number of imidazole rings is 1. The third kappa shape index (κ3) is 8.95. The number of halogens is 1. The Morgan fingerprint density at radius 3 is 2.20 bits per heavy atom. The molecule has 1 aliphatic heterocycles. The molecule has 0 bridgehead atoms. The van der Waals surface area contributed by atoms with E-state index in [9.17, 15) is 19.3 Å². The van der Waals surface area contributed by atoms with E-state index in [1.54, 1.807) is 48.6 Å². The molecule has 0 spiro atoms. The van der Waals surface area contributed by atoms with E-state index in [1.165, 1.54) is 10.9 Å². The van der Waals surface area contributed by atoms with Gasteiger partial charge in [-0.05, 0) is 0 Å². The van der Waals surface area contributed by atoms with Crippen molar-refractivity contribution in [2.24, 2.45) is 10.8 Å². The lowest BCUT2D eigenvalue weighted by atomic mass is 9.97. The first kappa shape index (κ1) is 37.2. The van der Waals surface area contributed by atoms with Gasteiger partial charge in [0.25, 0.3) is 0 Å². The molecule has 2 aromatic rings. The van der Waals surface area contributed by atoms with E-state index < -0.39 is 49.4 Å². The predicted octanol–water partition coefficient (Wildman–Crippen LogP) is 3.82. The Hall–Kier alpha value is -2.29. The number of ether oxygens (including phenoxy) is 1. The Morgan fingerprint density at radius 1 is 1.16 bits per heavy atom. The largest absolute Gasteiger partial charge is 0.474 e. The number of rotatable bonds is 13. The standard InChI is InChI=1S/C27H40FN6O8PS2/c1-9-27(28)18(35)16(42-21(27)34-15-31-17-19(30-8)32-24(29)33-20(17)34)14-41-43(38,39-10-12-44-22(36)25(2,3)4)40-11-13-45-23(37)26(5,6)7/h1,15-16,18,21,35H,10-14H2,2-8H3,(H3,29,30,32,33)/t16-,18-,21-,27-/m1/s1. The second kappa shape index (κ2) is 14.6. The number of nitrogens with one attached hydrogen (secondary N) is 1. The molecule has 1 fully saturated rings. The van der Waals surface area contributed by atoms with Gasteiger partial charge in [-0.2, -0.15) is 9.97 Å². The number of fused-ring (bicyclic) bond motifs is 1. The number of aromatic nitrogens is 4. The molecule has 0 aliphatic carbocycles. The van der Waals surface area contributed by atoms with Gasteiger partial charge in [0.15, 0.2) is 33.4 Å². The summed E-state index contributed by atoms with van der Waals surface area (Å²) in [6.45, 7) is 9.58. The lowest BCUT2D eigenvalue weighted by Gasteiger charge is -2.23. The highest BCUT2D eigenvalue weighted by Gasteiger charge is 2.58. The Morgan fingerprint density at radius 2 is 1.71 bits per heavy atom. The molecular formula is C27H40FN6O8PS2. The zero-order chi connectivity index (χ0) is 33.8. The Bertz CT molecular complexity index is 1440. The maximum Gasteiger partial charge on any atom is 0.474 e. The fraction of sp³-hybridized carbons (Fsp3) is 0.667. The minimum absolute atomic E-state index is 0.0878. The molecule has 0 unspecified atom stereocenters. The maximum atomic E-state index is 16.2. The molecule has 14 nitrogen and oxygen atoms in total. The second-order valence-corrected chi connectivity index (χ2v) is 15.9. The molecule has 0 amide bonds. The van der Waals surface area contributed by atoms with Gasteiger partial charge in [0, 0.05) is 29.4 Å². The van der Waals surface area contributed by atoms with E-state index >= 15 is 4.39 Å². The molecule has 0 saturated carbocycles. The molecule has 2 aromatic heterocycles. The number of thioether (sulfide) groups is 2. The van der Waals surface area contributed by atoms with Crippen molar-refractivity contribution in [3.8, 4) is 12.3 Å². The quantitative estimate of drug-likeness (QED) is 0.156. The van der Waals surface area contributed by atoms with Crippen molar-refractivity contribution >= 4 is 64.5 Å². The number of phosphoric ester groups is 1. The van der Waals surface area contributed by atoms with Crippen molar-refractivity contribution < 1.29 is 42.0 Å². The number of hydrogen-bond acceptors (Lipinski definition) is 15. The van der Waals surface area contributed by atoms with E-state index in [4.69, 9.17) is 30.5 Å². The number of aliphatic hydroxyl groups is 1. The topological polar surface area (TPSA) is 190 Å². The maximum absolute atomic E-state index is 16.2. The van der Waals surface area contributed by atoms with Crippen LogP contribution in [-0.4, -0.2) is 91.1 Å². The van der Waals surface area contributed by atoms with Crippen LogP contribution >= 0.6 is 31.3 Å². The van der Waals surface area contributed by atoms with Crippen molar-refractivity contribution in [3.63, 3.8) is 0 Å². The number of nitrogens with zero attached hydrogens (tertiary/aromatic N) is 4. The highest BCUT2D eigenvalue weighted by Crippen LogP contribution is 2.51. The third-order valence-electron chi connectivity index (χ3n) is 6.35. The zero-order valence-electron chi connectivity index (χ0n) is 26.2. The number of aliphatic hydroxyl groups excluding tert-OH is 1. The number of hydrogen-bond donors (Lipinski definition) is 3. The van der Waals surface area contributed by atoms with Crippen LogP contribution in [-0.2, 0) is 32.5 Å². The van der Waals surface area contributed by atoms with E-state index in [1.807, 2.05) is 5.92 Å². The fourth-order valence-electron chi connectivity index (χ4n) is 3.87. The van der Waals surface area contributed by atoms with Crippen molar-refractivity contribution in [2.45, 2.75) is 65.6 Å². The Balaban J connectivity index is 1.76. The summed E-state index contributed by atoms with van der Waals surface area (Å²) < 4.78 is 53.2. The first-order chi connectivity index (χ1) is 20.9. The first-order valence-electron chi connectivity index (χ1n) is 13.9. The summed E-state index contributed by atoms with van der Waals surface area (Å²) in [6.07, 6.45) is 1.73. The highest BCUT2D eigenvalue weighted by atomic mass is 32.2. The smallest absolute Gasteiger partial charge is 0.386 e. The van der Waals surface area contributed by atoms with Gasteiger partial charge in [0.05, 0.1) is 26.1 Å². The fourth-order valence-corrected chi connectivity index (χ4v) is 6.87. The summed E-state index contributed by atoms with van der Waals surface area (Å²) in [5.74, 6) is 2.40. The number of alkyl halides is 1. The van der Waals surface area contributed by atoms with E-state index in [0.29, 0.717) is 0 Å². The van der Waals surface area contributed by atoms with Crippen molar-refractivity contribution in [1.29, 1.82) is 0 Å². The van der Waals surface area contributed by atoms with Gasteiger partial charge in [0.1, 0.15) is 12.2 Å². The molecule has 3 rings (SSSR count). The van der Waals surface area contributed by atoms with Crippen LogP contribution in [0.3, 0.4) is 0 Å². The lowest BCUT2D eigenvalue weighted by Crippen LogP contribution is -2.42. The summed E-state index contributed by atoms with van der Waals surface area (Å²) in [7, 11) is -2.77. The molecule has 250 valence electrons. The Kier molecular flexibility index (Phi) is 12.1. The highest BCUT2D eigenvalue weighted by molar-refractivity contribution is 8.14. The number of anilines is 2. The van der Waals surface area contributed by atoms with E-state index in [-0.39, 0.29) is 57.9 Å². The van der Waals surface area contributed by atoms with Crippen molar-refractivity contribution in [1.82, 2.24) is 19.5 Å². The second-order valence-electron chi connectivity index (χ2n) is 12.1. The van der Waals surface area contributed by atoms with Gasteiger partial charge in [-0.15, -0.1) is 6.42 Å². The van der Waals surface area contributed by atoms with Crippen LogP contribution in [0.5, 0.6) is 0 Å². The number of nitrogens with two attached hydrogens (primary N) is 1. The van der Waals surface area contributed by atoms with Crippen LogP contribution in [0.25, 0.3) is 11.2 Å². The van der Waals surface area contributed by atoms with Crippen molar-refractivity contribution in [2.75, 3.05) is 49.4 Å². The van der Waals surface area contributed by atoms with Crippen LogP contribution in [0, 0.1) is 23.2 Å². The van der Waals surface area contributed by atoms with Gasteiger partial charge >= 0.3 is 7.82 Å². The Labute approximate surface area is 270 Å². The molecule has 4 N–H and O–H groups in total. The van der Waals surface area contributed by atoms with Crippen LogP contribution < -0.4 is 11.1 Å². The third-order valence-corrected chi connectivity index (χ3v) is 10.3. The molecule has 45 heavy (non-hydrogen) atoms. The lowest BCUT2D eigenvalue weighted by molar-refractivity contribution is -0.118. The number of nitrogen functional groups attached to an aromatic ring is 1. The normalized spacial score (nSPS) is 22.4. The molecule has 4 atom stereocenters. The van der Waals surface area contributed by atoms with Crippen LogP contribution in [0.1, 0.15) is 47.8 Å². The summed E-state index contributed by atoms with van der Waals surface area (Å²) >= 11 is 1.99. The van der Waals surface area contributed by atoms with Gasteiger partial charge in [0.2, 0.25) is 11.6 Å². The molecule has 18 heteroatoms. The van der Waals surface area contributed by atoms with Crippen LogP contribution in [0.2, 0.25) is 0 Å². The number of phosphoric acid groups is 1. The molecule has 0 radical (unpaired) electrons. The van der Waals surface area contributed by atoms with Gasteiger partial charge < -0.3 is 20.9 Å². The van der Waals surface area contributed by atoms with Crippen LogP contribution in [0.4, 0.5) is 16.2 Å². The van der Waals surface area contributed by atoms with Crippen LogP contribution in [0.15, 0.2) is 6.33 Å². The molecular weight excluding hydrogens is 650 g/mol. The first-order valence-corrected chi connectivity index (χ1v) is 17.4. The molecule has 1 saturated heterocycles. The SMILES string of the molecule is C#C[C@@]1(F)[C@H](O)[C@@H](COP(=O)(OCCSC(=O)C(C)(C)C)OCCSC(=O)C(C)(C)C)O[C@H]1n1cnc2c(NC)nc(N)nc21. The van der Waals surface area contributed by atoms with Gasteiger partial charge in [-0.25, -0.2) is 13.9 Å².